The fourth-order valence-electron chi connectivity index (χ4n) is 1.75. The highest BCUT2D eigenvalue weighted by Crippen LogP contribution is 2.31. The minimum atomic E-state index is -0.958. The molecule has 5 nitrogen and oxygen atoms in total. The number of aromatic nitrogens is 2. The van der Waals surface area contributed by atoms with Crippen molar-refractivity contribution < 1.29 is 9.90 Å². The van der Waals surface area contributed by atoms with Gasteiger partial charge in [0.2, 0.25) is 0 Å². The van der Waals surface area contributed by atoms with E-state index in [1.165, 1.54) is 6.33 Å². The standard InChI is InChI=1S/C13H8BrN3O2S/c14-8-5-7(13(18)19)1-2-9(8)17-12-11-10(3-4-20-11)15-6-16-12/h1-6H,(H,18,19)(H,15,16,17). The fraction of sp³-hybridized carbons (Fsp3) is 0. The number of nitrogens with one attached hydrogen (secondary N) is 1. The summed E-state index contributed by atoms with van der Waals surface area (Å²) in [7, 11) is 0. The zero-order chi connectivity index (χ0) is 14.1. The van der Waals surface area contributed by atoms with Gasteiger partial charge in [0.1, 0.15) is 6.33 Å². The van der Waals surface area contributed by atoms with E-state index in [0.717, 1.165) is 15.9 Å². The van der Waals surface area contributed by atoms with Gasteiger partial charge in [-0.2, -0.15) is 0 Å². The number of nitrogens with zero attached hydrogens (tertiary/aromatic N) is 2. The van der Waals surface area contributed by atoms with Crippen molar-refractivity contribution in [2.75, 3.05) is 5.32 Å². The predicted octanol–water partition coefficient (Wildman–Crippen LogP) is 3.90. The number of fused-ring (bicyclic) bond motifs is 1. The topological polar surface area (TPSA) is 75.1 Å². The Morgan fingerprint density at radius 1 is 1.30 bits per heavy atom. The van der Waals surface area contributed by atoms with Crippen LogP contribution in [-0.4, -0.2) is 21.0 Å². The quantitative estimate of drug-likeness (QED) is 0.749. The molecule has 0 saturated carbocycles. The van der Waals surface area contributed by atoms with E-state index in [1.54, 1.807) is 29.5 Å². The number of hydrogen-bond acceptors (Lipinski definition) is 5. The van der Waals surface area contributed by atoms with E-state index in [9.17, 15) is 4.79 Å². The number of thiophene rings is 1. The molecule has 0 aliphatic heterocycles. The van der Waals surface area contributed by atoms with Crippen LogP contribution in [0.2, 0.25) is 0 Å². The van der Waals surface area contributed by atoms with Crippen LogP contribution < -0.4 is 5.32 Å². The third kappa shape index (κ3) is 2.37. The van der Waals surface area contributed by atoms with Gasteiger partial charge in [0.15, 0.2) is 5.82 Å². The largest absolute Gasteiger partial charge is 0.478 e. The zero-order valence-electron chi connectivity index (χ0n) is 10.0. The third-order valence-electron chi connectivity index (χ3n) is 2.71. The summed E-state index contributed by atoms with van der Waals surface area (Å²) in [5.74, 6) is -0.256. The maximum absolute atomic E-state index is 10.9. The molecule has 3 rings (SSSR count). The van der Waals surface area contributed by atoms with Crippen LogP contribution in [-0.2, 0) is 0 Å². The van der Waals surface area contributed by atoms with Crippen LogP contribution in [0, 0.1) is 0 Å². The number of rotatable bonds is 3. The van der Waals surface area contributed by atoms with Gasteiger partial charge in [-0.3, -0.25) is 0 Å². The van der Waals surface area contributed by atoms with Crippen LogP contribution in [0.3, 0.4) is 0 Å². The first kappa shape index (κ1) is 13.0. The lowest BCUT2D eigenvalue weighted by atomic mass is 10.2. The molecule has 0 amide bonds. The summed E-state index contributed by atoms with van der Waals surface area (Å²) in [6.45, 7) is 0. The second-order valence-electron chi connectivity index (χ2n) is 3.98. The Morgan fingerprint density at radius 3 is 2.90 bits per heavy atom. The minimum absolute atomic E-state index is 0.228. The Kier molecular flexibility index (Phi) is 3.37. The van der Waals surface area contributed by atoms with Gasteiger partial charge in [-0.25, -0.2) is 14.8 Å². The summed E-state index contributed by atoms with van der Waals surface area (Å²) < 4.78 is 1.63. The third-order valence-corrected chi connectivity index (χ3v) is 4.28. The van der Waals surface area contributed by atoms with Crippen molar-refractivity contribution in [1.29, 1.82) is 0 Å². The van der Waals surface area contributed by atoms with Crippen molar-refractivity contribution in [3.05, 3.63) is 46.0 Å². The highest BCUT2D eigenvalue weighted by atomic mass is 79.9. The summed E-state index contributed by atoms with van der Waals surface area (Å²) in [5, 5.41) is 14.1. The maximum Gasteiger partial charge on any atom is 0.335 e. The molecule has 0 aliphatic rings. The molecule has 7 heteroatoms. The lowest BCUT2D eigenvalue weighted by Crippen LogP contribution is -1.99. The molecule has 0 bridgehead atoms. The summed E-state index contributed by atoms with van der Waals surface area (Å²) in [6, 6.07) is 6.73. The van der Waals surface area contributed by atoms with Crippen LogP contribution in [0.25, 0.3) is 10.2 Å². The van der Waals surface area contributed by atoms with Gasteiger partial charge in [0.05, 0.1) is 21.5 Å². The van der Waals surface area contributed by atoms with Crippen molar-refractivity contribution in [3.8, 4) is 0 Å². The maximum atomic E-state index is 10.9. The predicted molar refractivity (Wildman–Crippen MR) is 81.8 cm³/mol. The van der Waals surface area contributed by atoms with E-state index >= 15 is 0 Å². The summed E-state index contributed by atoms with van der Waals surface area (Å²) in [4.78, 5) is 19.3. The minimum Gasteiger partial charge on any atom is -0.478 e. The first-order valence-corrected chi connectivity index (χ1v) is 7.30. The first-order chi connectivity index (χ1) is 9.65. The molecule has 0 saturated heterocycles. The van der Waals surface area contributed by atoms with Gasteiger partial charge in [0, 0.05) is 4.47 Å². The Hall–Kier alpha value is -1.99. The number of carbonyl (C=O) groups is 1. The van der Waals surface area contributed by atoms with Crippen molar-refractivity contribution in [1.82, 2.24) is 9.97 Å². The Balaban J connectivity index is 1.99. The molecule has 100 valence electrons. The van der Waals surface area contributed by atoms with E-state index in [-0.39, 0.29) is 5.56 Å². The number of anilines is 2. The second kappa shape index (κ2) is 5.18. The number of carboxylic acids is 1. The Bertz CT molecular complexity index is 803. The molecule has 0 atom stereocenters. The van der Waals surface area contributed by atoms with Crippen LogP contribution in [0.15, 0.2) is 40.4 Å². The van der Waals surface area contributed by atoms with E-state index in [4.69, 9.17) is 5.11 Å². The van der Waals surface area contributed by atoms with Gasteiger partial charge >= 0.3 is 5.97 Å². The molecule has 20 heavy (non-hydrogen) atoms. The van der Waals surface area contributed by atoms with Gasteiger partial charge < -0.3 is 10.4 Å². The van der Waals surface area contributed by atoms with Gasteiger partial charge in [-0.05, 0) is 45.6 Å². The number of hydrogen-bond donors (Lipinski definition) is 2. The average molecular weight is 350 g/mol. The first-order valence-electron chi connectivity index (χ1n) is 5.63. The molecular weight excluding hydrogens is 342 g/mol. The summed E-state index contributed by atoms with van der Waals surface area (Å²) >= 11 is 4.91. The monoisotopic (exact) mass is 349 g/mol. The second-order valence-corrected chi connectivity index (χ2v) is 5.75. The SMILES string of the molecule is O=C(O)c1ccc(Nc2ncnc3ccsc23)c(Br)c1. The molecule has 0 radical (unpaired) electrons. The van der Waals surface area contributed by atoms with Crippen LogP contribution in [0.1, 0.15) is 10.4 Å². The Labute approximate surface area is 126 Å². The van der Waals surface area contributed by atoms with Crippen LogP contribution >= 0.6 is 27.3 Å². The summed E-state index contributed by atoms with van der Waals surface area (Å²) in [5.41, 5.74) is 1.86. The highest BCUT2D eigenvalue weighted by Gasteiger charge is 2.09. The number of benzene rings is 1. The van der Waals surface area contributed by atoms with Crippen molar-refractivity contribution in [2.45, 2.75) is 0 Å². The highest BCUT2D eigenvalue weighted by molar-refractivity contribution is 9.10. The van der Waals surface area contributed by atoms with Gasteiger partial charge in [-0.1, -0.05) is 0 Å². The summed E-state index contributed by atoms with van der Waals surface area (Å²) in [6.07, 6.45) is 1.50. The molecule has 0 unspecified atom stereocenters. The molecule has 0 spiro atoms. The number of halogens is 1. The zero-order valence-corrected chi connectivity index (χ0v) is 12.4. The molecule has 0 fully saturated rings. The van der Waals surface area contributed by atoms with Gasteiger partial charge in [-0.15, -0.1) is 11.3 Å². The van der Waals surface area contributed by atoms with E-state index < -0.39 is 5.97 Å². The van der Waals surface area contributed by atoms with Crippen molar-refractivity contribution in [2.24, 2.45) is 0 Å². The molecule has 3 aromatic rings. The molecule has 2 heterocycles. The van der Waals surface area contributed by atoms with E-state index in [1.807, 2.05) is 11.4 Å². The molecule has 2 aromatic heterocycles. The van der Waals surface area contributed by atoms with Crippen LogP contribution in [0.5, 0.6) is 0 Å². The van der Waals surface area contributed by atoms with E-state index in [2.05, 4.69) is 31.2 Å². The average Bonchev–Trinajstić information content (AvgIpc) is 2.90. The number of carboxylic acid groups (broad SMARTS) is 1. The van der Waals surface area contributed by atoms with E-state index in [0.29, 0.717) is 10.3 Å². The molecule has 2 N–H and O–H groups in total. The van der Waals surface area contributed by atoms with Gasteiger partial charge in [0.25, 0.3) is 0 Å². The lowest BCUT2D eigenvalue weighted by molar-refractivity contribution is 0.0697. The van der Waals surface area contributed by atoms with Crippen LogP contribution in [0.4, 0.5) is 11.5 Å². The number of aromatic carboxylic acids is 1. The smallest absolute Gasteiger partial charge is 0.335 e. The molecular formula is C13H8BrN3O2S. The lowest BCUT2D eigenvalue weighted by Gasteiger charge is -2.09. The normalized spacial score (nSPS) is 10.7. The van der Waals surface area contributed by atoms with Crippen molar-refractivity contribution >= 4 is 55.0 Å². The fourth-order valence-corrected chi connectivity index (χ4v) is 3.02. The molecule has 0 aliphatic carbocycles. The Morgan fingerprint density at radius 2 is 2.15 bits per heavy atom. The molecule has 1 aromatic carbocycles. The van der Waals surface area contributed by atoms with Crippen molar-refractivity contribution in [3.63, 3.8) is 0 Å².